The van der Waals surface area contributed by atoms with E-state index in [-0.39, 0.29) is 10.7 Å². The van der Waals surface area contributed by atoms with Gasteiger partial charge in [0.1, 0.15) is 5.69 Å². The third-order valence-electron chi connectivity index (χ3n) is 2.61. The predicted molar refractivity (Wildman–Crippen MR) is 68.7 cm³/mol. The van der Waals surface area contributed by atoms with Crippen molar-refractivity contribution in [1.82, 2.24) is 10.2 Å². The summed E-state index contributed by atoms with van der Waals surface area (Å²) in [5.74, 6) is 0. The highest BCUT2D eigenvalue weighted by Gasteiger charge is 2.33. The monoisotopic (exact) mass is 302 g/mol. The van der Waals surface area contributed by atoms with Gasteiger partial charge in [0, 0.05) is 0 Å². The average Bonchev–Trinajstić information content (AvgIpc) is 2.67. The number of nitrogens with zero attached hydrogens (tertiary/aromatic N) is 3. The molecule has 20 heavy (non-hydrogen) atoms. The fourth-order valence-electron chi connectivity index (χ4n) is 1.59. The molecule has 2 aromatic rings. The van der Waals surface area contributed by atoms with Crippen LogP contribution in [0.1, 0.15) is 17.0 Å². The summed E-state index contributed by atoms with van der Waals surface area (Å²) in [5, 5.41) is 14.0. The molecule has 4 nitrogen and oxygen atoms in total. The van der Waals surface area contributed by atoms with Crippen molar-refractivity contribution in [2.75, 3.05) is 0 Å². The van der Waals surface area contributed by atoms with Crippen LogP contribution in [0.25, 0.3) is 0 Å². The molecule has 0 radical (unpaired) electrons. The van der Waals surface area contributed by atoms with Gasteiger partial charge in [0.25, 0.3) is 0 Å². The summed E-state index contributed by atoms with van der Waals surface area (Å²) in [6, 6.07) is 3.37. The molecule has 0 amide bonds. The number of alkyl halides is 3. The van der Waals surface area contributed by atoms with E-state index in [2.05, 4.69) is 20.4 Å². The Kier molecular flexibility index (Phi) is 3.80. The molecule has 0 aliphatic rings. The van der Waals surface area contributed by atoms with Crippen molar-refractivity contribution in [3.63, 3.8) is 0 Å². The van der Waals surface area contributed by atoms with Crippen LogP contribution in [-0.4, -0.2) is 10.2 Å². The summed E-state index contributed by atoms with van der Waals surface area (Å²) in [4.78, 5) is 0. The number of aromatic nitrogens is 2. The molecule has 2 rings (SSSR count). The van der Waals surface area contributed by atoms with Crippen LogP contribution < -0.4 is 0 Å². The first-order chi connectivity index (χ1) is 9.29. The van der Waals surface area contributed by atoms with Crippen molar-refractivity contribution in [2.24, 2.45) is 10.2 Å². The highest BCUT2D eigenvalue weighted by atomic mass is 35.5. The van der Waals surface area contributed by atoms with E-state index in [1.807, 2.05) is 0 Å². The van der Waals surface area contributed by atoms with Gasteiger partial charge in [-0.3, -0.25) is 5.10 Å². The molecule has 8 heteroatoms. The first-order valence-corrected chi connectivity index (χ1v) is 5.97. The first-order valence-electron chi connectivity index (χ1n) is 5.59. The maximum Gasteiger partial charge on any atom is 0.417 e. The molecule has 0 unspecified atom stereocenters. The van der Waals surface area contributed by atoms with Gasteiger partial charge in [0.15, 0.2) is 0 Å². The quantitative estimate of drug-likeness (QED) is 0.770. The van der Waals surface area contributed by atoms with E-state index in [4.69, 9.17) is 11.6 Å². The molecular weight excluding hydrogens is 293 g/mol. The summed E-state index contributed by atoms with van der Waals surface area (Å²) >= 11 is 5.52. The lowest BCUT2D eigenvalue weighted by Gasteiger charge is -2.08. The lowest BCUT2D eigenvalue weighted by Crippen LogP contribution is -2.05. The number of halogens is 4. The Morgan fingerprint density at radius 2 is 1.90 bits per heavy atom. The van der Waals surface area contributed by atoms with E-state index in [9.17, 15) is 13.2 Å². The summed E-state index contributed by atoms with van der Waals surface area (Å²) in [6.45, 7) is 3.47. The molecule has 0 atom stereocenters. The third kappa shape index (κ3) is 2.98. The topological polar surface area (TPSA) is 53.4 Å². The second kappa shape index (κ2) is 5.24. The number of hydrogen-bond donors (Lipinski definition) is 1. The number of H-pyrrole nitrogens is 1. The molecule has 1 aromatic heterocycles. The van der Waals surface area contributed by atoms with E-state index in [1.54, 1.807) is 13.8 Å². The van der Waals surface area contributed by atoms with Crippen LogP contribution >= 0.6 is 11.6 Å². The minimum atomic E-state index is -4.52. The maximum atomic E-state index is 12.7. The molecule has 0 aliphatic carbocycles. The lowest BCUT2D eigenvalue weighted by molar-refractivity contribution is -0.137. The van der Waals surface area contributed by atoms with E-state index >= 15 is 0 Å². The van der Waals surface area contributed by atoms with Gasteiger partial charge in [0.2, 0.25) is 0 Å². The van der Waals surface area contributed by atoms with Gasteiger partial charge in [-0.15, -0.1) is 5.11 Å². The third-order valence-corrected chi connectivity index (χ3v) is 2.94. The molecular formula is C12H10ClF3N4. The Morgan fingerprint density at radius 3 is 2.45 bits per heavy atom. The molecule has 1 aromatic carbocycles. The second-order valence-electron chi connectivity index (χ2n) is 4.14. The highest BCUT2D eigenvalue weighted by molar-refractivity contribution is 6.31. The Hall–Kier alpha value is -1.89. The Morgan fingerprint density at radius 1 is 1.20 bits per heavy atom. The van der Waals surface area contributed by atoms with Gasteiger partial charge in [-0.05, 0) is 32.0 Å². The van der Waals surface area contributed by atoms with Gasteiger partial charge >= 0.3 is 6.18 Å². The molecule has 0 fully saturated rings. The largest absolute Gasteiger partial charge is 0.417 e. The average molecular weight is 303 g/mol. The SMILES string of the molecule is Cc1n[nH]c(C)c1N=Nc1ccc(Cl)c(C(F)(F)F)c1. The number of rotatable bonds is 2. The number of aromatic amines is 1. The van der Waals surface area contributed by atoms with Gasteiger partial charge in [-0.2, -0.15) is 23.4 Å². The molecule has 0 aliphatic heterocycles. The minimum absolute atomic E-state index is 0.0710. The van der Waals surface area contributed by atoms with Gasteiger partial charge in [0.05, 0.1) is 27.7 Å². The van der Waals surface area contributed by atoms with Crippen LogP contribution in [0.4, 0.5) is 24.5 Å². The van der Waals surface area contributed by atoms with Crippen molar-refractivity contribution < 1.29 is 13.2 Å². The summed E-state index contributed by atoms with van der Waals surface area (Å²) in [7, 11) is 0. The van der Waals surface area contributed by atoms with Crippen molar-refractivity contribution in [3.05, 3.63) is 40.2 Å². The fourth-order valence-corrected chi connectivity index (χ4v) is 1.82. The Balaban J connectivity index is 2.36. The zero-order valence-electron chi connectivity index (χ0n) is 10.6. The second-order valence-corrected chi connectivity index (χ2v) is 4.55. The zero-order valence-corrected chi connectivity index (χ0v) is 11.3. The number of nitrogens with one attached hydrogen (secondary N) is 1. The number of hydrogen-bond acceptors (Lipinski definition) is 3. The van der Waals surface area contributed by atoms with Crippen molar-refractivity contribution in [2.45, 2.75) is 20.0 Å². The summed E-state index contributed by atoms with van der Waals surface area (Å²) in [5.41, 5.74) is 0.957. The van der Waals surface area contributed by atoms with Crippen LogP contribution in [-0.2, 0) is 6.18 Å². The molecule has 0 bridgehead atoms. The van der Waals surface area contributed by atoms with Gasteiger partial charge in [-0.25, -0.2) is 0 Å². The van der Waals surface area contributed by atoms with E-state index in [0.717, 1.165) is 12.1 Å². The van der Waals surface area contributed by atoms with E-state index < -0.39 is 11.7 Å². The molecule has 0 saturated carbocycles. The summed E-state index contributed by atoms with van der Waals surface area (Å²) in [6.07, 6.45) is -4.52. The standard InChI is InChI=1S/C12H10ClF3N4/c1-6-11(7(2)18-17-6)20-19-8-3-4-10(13)9(5-8)12(14,15)16/h3-5H,1-2H3,(H,17,18). The van der Waals surface area contributed by atoms with Crippen molar-refractivity contribution in [3.8, 4) is 0 Å². The summed E-state index contributed by atoms with van der Waals surface area (Å²) < 4.78 is 38.1. The van der Waals surface area contributed by atoms with Crippen molar-refractivity contribution in [1.29, 1.82) is 0 Å². The van der Waals surface area contributed by atoms with Crippen LogP contribution in [0, 0.1) is 13.8 Å². The molecule has 1 N–H and O–H groups in total. The molecule has 1 heterocycles. The number of azo groups is 1. The van der Waals surface area contributed by atoms with Crippen molar-refractivity contribution >= 4 is 23.0 Å². The van der Waals surface area contributed by atoms with Crippen LogP contribution in [0.15, 0.2) is 28.4 Å². The van der Waals surface area contributed by atoms with Crippen LogP contribution in [0.3, 0.4) is 0 Å². The lowest BCUT2D eigenvalue weighted by atomic mass is 10.2. The van der Waals surface area contributed by atoms with Crippen LogP contribution in [0.2, 0.25) is 5.02 Å². The van der Waals surface area contributed by atoms with Crippen LogP contribution in [0.5, 0.6) is 0 Å². The maximum absolute atomic E-state index is 12.7. The van der Waals surface area contributed by atoms with E-state index in [0.29, 0.717) is 17.1 Å². The first kappa shape index (κ1) is 14.5. The smallest absolute Gasteiger partial charge is 0.280 e. The van der Waals surface area contributed by atoms with Gasteiger partial charge in [-0.1, -0.05) is 11.6 Å². The van der Waals surface area contributed by atoms with E-state index in [1.165, 1.54) is 6.07 Å². The number of aryl methyl sites for hydroxylation is 2. The minimum Gasteiger partial charge on any atom is -0.280 e. The predicted octanol–water partition coefficient (Wildman–Crippen LogP) is 5.11. The fraction of sp³-hybridized carbons (Fsp3) is 0.250. The number of benzene rings is 1. The van der Waals surface area contributed by atoms with Gasteiger partial charge < -0.3 is 0 Å². The normalized spacial score (nSPS) is 12.3. The molecule has 0 spiro atoms. The zero-order chi connectivity index (χ0) is 14.9. The Labute approximate surface area is 117 Å². The molecule has 0 saturated heterocycles. The molecule has 106 valence electrons. The Bertz CT molecular complexity index is 642. The highest BCUT2D eigenvalue weighted by Crippen LogP contribution is 2.37.